The summed E-state index contributed by atoms with van der Waals surface area (Å²) < 4.78 is 5.62. The SMILES string of the molecule is CC1CCCN(c2nc(CNC3CC3)co2)CC1. The standard InChI is InChI=1S/C14H23N3O/c1-11-3-2-7-17(8-6-11)14-16-13(10-18-14)9-15-12-4-5-12/h10-12,15H,2-9H2,1H3. The number of hydrogen-bond acceptors (Lipinski definition) is 4. The van der Waals surface area contributed by atoms with E-state index in [-0.39, 0.29) is 0 Å². The first kappa shape index (κ1) is 12.0. The summed E-state index contributed by atoms with van der Waals surface area (Å²) in [6.45, 7) is 5.35. The zero-order valence-electron chi connectivity index (χ0n) is 11.2. The Balaban J connectivity index is 1.57. The van der Waals surface area contributed by atoms with E-state index in [1.165, 1.54) is 32.1 Å². The van der Waals surface area contributed by atoms with Crippen molar-refractivity contribution in [2.45, 2.75) is 51.6 Å². The van der Waals surface area contributed by atoms with Crippen LogP contribution in [0, 0.1) is 5.92 Å². The average Bonchev–Trinajstić information content (AvgIpc) is 3.12. The van der Waals surface area contributed by atoms with Crippen LogP contribution in [0.15, 0.2) is 10.7 Å². The molecule has 1 atom stereocenters. The number of rotatable bonds is 4. The molecule has 1 aromatic rings. The Labute approximate surface area is 109 Å². The number of aromatic nitrogens is 1. The maximum Gasteiger partial charge on any atom is 0.297 e. The lowest BCUT2D eigenvalue weighted by atomic mass is 10.0. The Kier molecular flexibility index (Phi) is 3.55. The van der Waals surface area contributed by atoms with E-state index >= 15 is 0 Å². The molecule has 0 radical (unpaired) electrons. The predicted molar refractivity (Wildman–Crippen MR) is 71.6 cm³/mol. The Morgan fingerprint density at radius 2 is 2.22 bits per heavy atom. The third-order valence-corrected chi connectivity index (χ3v) is 3.98. The molecule has 1 aromatic heterocycles. The highest BCUT2D eigenvalue weighted by molar-refractivity contribution is 5.27. The van der Waals surface area contributed by atoms with Crippen LogP contribution in [0.3, 0.4) is 0 Å². The van der Waals surface area contributed by atoms with Crippen molar-refractivity contribution >= 4 is 6.01 Å². The van der Waals surface area contributed by atoms with Gasteiger partial charge in [0.25, 0.3) is 6.01 Å². The van der Waals surface area contributed by atoms with Crippen LogP contribution in [0.4, 0.5) is 6.01 Å². The number of oxazole rings is 1. The van der Waals surface area contributed by atoms with Crippen LogP contribution < -0.4 is 10.2 Å². The Hall–Kier alpha value is -1.03. The van der Waals surface area contributed by atoms with E-state index < -0.39 is 0 Å². The third kappa shape index (κ3) is 3.05. The van der Waals surface area contributed by atoms with Gasteiger partial charge in [-0.1, -0.05) is 6.92 Å². The summed E-state index contributed by atoms with van der Waals surface area (Å²) in [6, 6.07) is 1.54. The van der Waals surface area contributed by atoms with Crippen molar-refractivity contribution < 1.29 is 4.42 Å². The molecule has 4 heteroatoms. The predicted octanol–water partition coefficient (Wildman–Crippen LogP) is 2.55. The van der Waals surface area contributed by atoms with Crippen molar-refractivity contribution in [3.63, 3.8) is 0 Å². The van der Waals surface area contributed by atoms with Gasteiger partial charge in [0.2, 0.25) is 0 Å². The van der Waals surface area contributed by atoms with Gasteiger partial charge >= 0.3 is 0 Å². The first-order valence-corrected chi connectivity index (χ1v) is 7.24. The highest BCUT2D eigenvalue weighted by Gasteiger charge is 2.21. The molecule has 2 fully saturated rings. The molecular formula is C14H23N3O. The van der Waals surface area contributed by atoms with E-state index in [2.05, 4.69) is 22.1 Å². The van der Waals surface area contributed by atoms with Crippen LogP contribution >= 0.6 is 0 Å². The number of nitrogens with one attached hydrogen (secondary N) is 1. The molecule has 2 aliphatic rings. The molecule has 1 saturated heterocycles. The van der Waals surface area contributed by atoms with Gasteiger partial charge in [0.1, 0.15) is 6.26 Å². The van der Waals surface area contributed by atoms with Crippen LogP contribution in [-0.2, 0) is 6.54 Å². The summed E-state index contributed by atoms with van der Waals surface area (Å²) >= 11 is 0. The van der Waals surface area contributed by atoms with Gasteiger partial charge in [-0.3, -0.25) is 0 Å². The molecule has 18 heavy (non-hydrogen) atoms. The average molecular weight is 249 g/mol. The molecule has 100 valence electrons. The molecule has 1 N–H and O–H groups in total. The summed E-state index contributed by atoms with van der Waals surface area (Å²) in [5, 5.41) is 3.47. The topological polar surface area (TPSA) is 41.3 Å². The summed E-state index contributed by atoms with van der Waals surface area (Å²) in [6.07, 6.45) is 8.26. The molecule has 1 aliphatic heterocycles. The Morgan fingerprint density at radius 3 is 3.06 bits per heavy atom. The van der Waals surface area contributed by atoms with Gasteiger partial charge in [-0.15, -0.1) is 0 Å². The quantitative estimate of drug-likeness (QED) is 0.890. The van der Waals surface area contributed by atoms with E-state index in [0.29, 0.717) is 0 Å². The highest BCUT2D eigenvalue weighted by atomic mass is 16.4. The molecule has 2 heterocycles. The molecule has 4 nitrogen and oxygen atoms in total. The van der Waals surface area contributed by atoms with Gasteiger partial charge in [-0.2, -0.15) is 4.98 Å². The summed E-state index contributed by atoms with van der Waals surface area (Å²) in [5.74, 6) is 0.834. The molecule has 0 aromatic carbocycles. The van der Waals surface area contributed by atoms with Crippen LogP contribution in [-0.4, -0.2) is 24.1 Å². The van der Waals surface area contributed by atoms with Crippen LogP contribution in [0.1, 0.15) is 44.7 Å². The minimum atomic E-state index is 0.726. The molecule has 1 saturated carbocycles. The zero-order valence-corrected chi connectivity index (χ0v) is 11.2. The largest absolute Gasteiger partial charge is 0.432 e. The summed E-state index contributed by atoms with van der Waals surface area (Å²) in [7, 11) is 0. The van der Waals surface area contributed by atoms with Gasteiger partial charge < -0.3 is 14.6 Å². The van der Waals surface area contributed by atoms with Crippen molar-refractivity contribution in [2.24, 2.45) is 5.92 Å². The fourth-order valence-corrected chi connectivity index (χ4v) is 2.51. The van der Waals surface area contributed by atoms with Crippen molar-refractivity contribution in [1.82, 2.24) is 10.3 Å². The Bertz CT molecular complexity index is 386. The summed E-state index contributed by atoms with van der Waals surface area (Å²) in [4.78, 5) is 6.89. The van der Waals surface area contributed by atoms with Crippen LogP contribution in [0.2, 0.25) is 0 Å². The first-order valence-electron chi connectivity index (χ1n) is 7.24. The van der Waals surface area contributed by atoms with E-state index in [4.69, 9.17) is 4.42 Å². The fraction of sp³-hybridized carbons (Fsp3) is 0.786. The first-order chi connectivity index (χ1) is 8.81. The molecule has 1 unspecified atom stereocenters. The highest BCUT2D eigenvalue weighted by Crippen LogP contribution is 2.23. The molecule has 1 aliphatic carbocycles. The monoisotopic (exact) mass is 249 g/mol. The van der Waals surface area contributed by atoms with Crippen molar-refractivity contribution in [3.8, 4) is 0 Å². The molecule has 3 rings (SSSR count). The van der Waals surface area contributed by atoms with Gasteiger partial charge in [0.05, 0.1) is 5.69 Å². The van der Waals surface area contributed by atoms with Gasteiger partial charge in [0.15, 0.2) is 0 Å². The van der Waals surface area contributed by atoms with E-state index in [1.54, 1.807) is 6.26 Å². The van der Waals surface area contributed by atoms with Crippen molar-refractivity contribution in [3.05, 3.63) is 12.0 Å². The molecular weight excluding hydrogens is 226 g/mol. The van der Waals surface area contributed by atoms with Crippen molar-refractivity contribution in [1.29, 1.82) is 0 Å². The van der Waals surface area contributed by atoms with Gasteiger partial charge in [0, 0.05) is 25.7 Å². The maximum atomic E-state index is 5.62. The van der Waals surface area contributed by atoms with Gasteiger partial charge in [-0.25, -0.2) is 0 Å². The lowest BCUT2D eigenvalue weighted by molar-refractivity contribution is 0.513. The van der Waals surface area contributed by atoms with Crippen LogP contribution in [0.25, 0.3) is 0 Å². The van der Waals surface area contributed by atoms with Gasteiger partial charge in [-0.05, 0) is 38.0 Å². The third-order valence-electron chi connectivity index (χ3n) is 3.98. The lowest BCUT2D eigenvalue weighted by Crippen LogP contribution is -2.24. The van der Waals surface area contributed by atoms with E-state index in [1.807, 2.05) is 0 Å². The maximum absolute atomic E-state index is 5.62. The second-order valence-electron chi connectivity index (χ2n) is 5.80. The number of anilines is 1. The molecule has 0 spiro atoms. The lowest BCUT2D eigenvalue weighted by Gasteiger charge is -2.17. The van der Waals surface area contributed by atoms with Crippen molar-refractivity contribution in [2.75, 3.05) is 18.0 Å². The normalized spacial score (nSPS) is 25.2. The molecule has 0 bridgehead atoms. The second kappa shape index (κ2) is 5.31. The zero-order chi connectivity index (χ0) is 12.4. The second-order valence-corrected chi connectivity index (χ2v) is 5.80. The molecule has 0 amide bonds. The number of nitrogens with zero attached hydrogens (tertiary/aromatic N) is 2. The smallest absolute Gasteiger partial charge is 0.297 e. The van der Waals surface area contributed by atoms with E-state index in [9.17, 15) is 0 Å². The minimum Gasteiger partial charge on any atom is -0.432 e. The van der Waals surface area contributed by atoms with E-state index in [0.717, 1.165) is 43.3 Å². The fourth-order valence-electron chi connectivity index (χ4n) is 2.51. The van der Waals surface area contributed by atoms with Crippen LogP contribution in [0.5, 0.6) is 0 Å². The Morgan fingerprint density at radius 1 is 1.33 bits per heavy atom. The number of hydrogen-bond donors (Lipinski definition) is 1. The summed E-state index contributed by atoms with van der Waals surface area (Å²) in [5.41, 5.74) is 1.04. The minimum absolute atomic E-state index is 0.726.